The number of nitrogens with zero attached hydrogens (tertiary/aromatic N) is 1. The molecule has 1 aromatic carbocycles. The summed E-state index contributed by atoms with van der Waals surface area (Å²) in [5.74, 6) is -0.932. The summed E-state index contributed by atoms with van der Waals surface area (Å²) in [7, 11) is -3.72. The lowest BCUT2D eigenvalue weighted by molar-refractivity contribution is -0.135. The Morgan fingerprint density at radius 2 is 1.89 bits per heavy atom. The second-order valence-corrected chi connectivity index (χ2v) is 5.42. The van der Waals surface area contributed by atoms with Gasteiger partial charge in [0.15, 0.2) is 0 Å². The van der Waals surface area contributed by atoms with Gasteiger partial charge in [0.1, 0.15) is 6.54 Å². The minimum atomic E-state index is -3.72. The average Bonchev–Trinajstić information content (AvgIpc) is 2.27. The number of aliphatic carboxylic acids is 1. The molecule has 1 aromatic rings. The van der Waals surface area contributed by atoms with E-state index in [-0.39, 0.29) is 11.4 Å². The van der Waals surface area contributed by atoms with Crippen molar-refractivity contribution in [2.75, 3.05) is 18.0 Å². The van der Waals surface area contributed by atoms with Gasteiger partial charge in [0.2, 0.25) is 10.0 Å². The van der Waals surface area contributed by atoms with Crippen LogP contribution in [0.1, 0.15) is 13.3 Å². The van der Waals surface area contributed by atoms with Gasteiger partial charge in [-0.25, -0.2) is 13.6 Å². The summed E-state index contributed by atoms with van der Waals surface area (Å²) >= 11 is 0. The number of hydrogen-bond donors (Lipinski definition) is 2. The first-order valence-corrected chi connectivity index (χ1v) is 6.99. The summed E-state index contributed by atoms with van der Waals surface area (Å²) in [5.41, 5.74) is 0.659. The Balaban J connectivity index is 2.96. The van der Waals surface area contributed by atoms with Crippen molar-refractivity contribution >= 4 is 21.7 Å². The number of carbonyl (C=O) groups is 1. The maximum absolute atomic E-state index is 11.1. The smallest absolute Gasteiger partial charge is 0.323 e. The molecule has 0 aliphatic rings. The van der Waals surface area contributed by atoms with Gasteiger partial charge in [0, 0.05) is 12.2 Å². The van der Waals surface area contributed by atoms with Crippen molar-refractivity contribution in [1.29, 1.82) is 0 Å². The van der Waals surface area contributed by atoms with Gasteiger partial charge < -0.3 is 10.0 Å². The summed E-state index contributed by atoms with van der Waals surface area (Å²) in [6, 6.07) is 5.85. The van der Waals surface area contributed by atoms with E-state index in [0.717, 1.165) is 6.42 Å². The largest absolute Gasteiger partial charge is 0.480 e. The molecule has 0 fully saturated rings. The summed E-state index contributed by atoms with van der Waals surface area (Å²) in [6.07, 6.45) is 0.796. The van der Waals surface area contributed by atoms with Gasteiger partial charge in [-0.1, -0.05) is 6.92 Å². The molecule has 0 spiro atoms. The third kappa shape index (κ3) is 4.01. The minimum Gasteiger partial charge on any atom is -0.480 e. The Bertz CT molecular complexity index is 510. The Labute approximate surface area is 106 Å². The van der Waals surface area contributed by atoms with Gasteiger partial charge in [-0.2, -0.15) is 0 Å². The number of rotatable bonds is 6. The summed E-state index contributed by atoms with van der Waals surface area (Å²) in [6.45, 7) is 2.40. The first-order chi connectivity index (χ1) is 8.34. The number of benzene rings is 1. The second kappa shape index (κ2) is 5.83. The van der Waals surface area contributed by atoms with E-state index in [1.165, 1.54) is 12.1 Å². The number of primary sulfonamides is 1. The van der Waals surface area contributed by atoms with Gasteiger partial charge in [-0.3, -0.25) is 4.79 Å². The average molecular weight is 272 g/mol. The fourth-order valence-corrected chi connectivity index (χ4v) is 2.09. The molecular weight excluding hydrogens is 256 g/mol. The molecule has 0 saturated carbocycles. The molecule has 100 valence electrons. The van der Waals surface area contributed by atoms with E-state index >= 15 is 0 Å². The van der Waals surface area contributed by atoms with Gasteiger partial charge >= 0.3 is 5.97 Å². The molecular formula is C11H16N2O4S. The van der Waals surface area contributed by atoms with Crippen molar-refractivity contribution in [3.63, 3.8) is 0 Å². The molecule has 0 unspecified atom stereocenters. The van der Waals surface area contributed by atoms with Crippen molar-refractivity contribution in [3.8, 4) is 0 Å². The molecule has 7 heteroatoms. The van der Waals surface area contributed by atoms with Crippen molar-refractivity contribution in [1.82, 2.24) is 0 Å². The lowest BCUT2D eigenvalue weighted by Gasteiger charge is -2.22. The van der Waals surface area contributed by atoms with Crippen LogP contribution in [-0.2, 0) is 14.8 Å². The summed E-state index contributed by atoms with van der Waals surface area (Å²) in [4.78, 5) is 12.4. The number of nitrogens with two attached hydrogens (primary N) is 1. The van der Waals surface area contributed by atoms with Gasteiger partial charge in [-0.05, 0) is 30.7 Å². The standard InChI is InChI=1S/C11H16N2O4S/c1-2-7-13(8-11(14)15)9-3-5-10(6-4-9)18(12,16)17/h3-6H,2,7-8H2,1H3,(H,14,15)(H2,12,16,17). The Morgan fingerprint density at radius 3 is 2.28 bits per heavy atom. The van der Waals surface area contributed by atoms with E-state index < -0.39 is 16.0 Å². The molecule has 0 aliphatic carbocycles. The fraction of sp³-hybridized carbons (Fsp3) is 0.364. The third-order valence-corrected chi connectivity index (χ3v) is 3.28. The molecule has 18 heavy (non-hydrogen) atoms. The first kappa shape index (κ1) is 14.5. The van der Waals surface area contributed by atoms with E-state index in [1.807, 2.05) is 6.92 Å². The number of carboxylic acid groups (broad SMARTS) is 1. The fourth-order valence-electron chi connectivity index (χ4n) is 1.58. The summed E-state index contributed by atoms with van der Waals surface area (Å²) in [5, 5.41) is 13.8. The first-order valence-electron chi connectivity index (χ1n) is 5.44. The van der Waals surface area contributed by atoms with Gasteiger partial charge in [0.25, 0.3) is 0 Å². The SMILES string of the molecule is CCCN(CC(=O)O)c1ccc(S(N)(=O)=O)cc1. The molecule has 0 heterocycles. The molecule has 0 amide bonds. The second-order valence-electron chi connectivity index (χ2n) is 3.85. The van der Waals surface area contributed by atoms with Crippen LogP contribution in [0.15, 0.2) is 29.2 Å². The zero-order valence-electron chi connectivity index (χ0n) is 10.0. The number of anilines is 1. The van der Waals surface area contributed by atoms with Crippen molar-refractivity contribution < 1.29 is 18.3 Å². The van der Waals surface area contributed by atoms with Gasteiger partial charge in [-0.15, -0.1) is 0 Å². The van der Waals surface area contributed by atoms with Crippen LogP contribution in [0.2, 0.25) is 0 Å². The van der Waals surface area contributed by atoms with E-state index in [2.05, 4.69) is 0 Å². The molecule has 0 atom stereocenters. The van der Waals surface area contributed by atoms with Crippen LogP contribution in [0.4, 0.5) is 5.69 Å². The van der Waals surface area contributed by atoms with Crippen LogP contribution in [0.5, 0.6) is 0 Å². The normalized spacial score (nSPS) is 11.2. The quantitative estimate of drug-likeness (QED) is 0.791. The zero-order chi connectivity index (χ0) is 13.8. The third-order valence-electron chi connectivity index (χ3n) is 2.35. The van der Waals surface area contributed by atoms with E-state index in [4.69, 9.17) is 10.2 Å². The van der Waals surface area contributed by atoms with Crippen molar-refractivity contribution in [3.05, 3.63) is 24.3 Å². The predicted octanol–water partition coefficient (Wildman–Crippen LogP) is 0.635. The van der Waals surface area contributed by atoms with Crippen LogP contribution in [-0.4, -0.2) is 32.6 Å². The molecule has 3 N–H and O–H groups in total. The Morgan fingerprint density at radius 1 is 1.33 bits per heavy atom. The molecule has 0 saturated heterocycles. The molecule has 6 nitrogen and oxygen atoms in total. The molecule has 0 aromatic heterocycles. The number of sulfonamides is 1. The number of hydrogen-bond acceptors (Lipinski definition) is 4. The zero-order valence-corrected chi connectivity index (χ0v) is 10.9. The highest BCUT2D eigenvalue weighted by Crippen LogP contribution is 2.17. The van der Waals surface area contributed by atoms with Crippen LogP contribution in [0.3, 0.4) is 0 Å². The van der Waals surface area contributed by atoms with Crippen LogP contribution in [0, 0.1) is 0 Å². The predicted molar refractivity (Wildman–Crippen MR) is 68.0 cm³/mol. The van der Waals surface area contributed by atoms with Crippen LogP contribution in [0.25, 0.3) is 0 Å². The molecule has 0 bridgehead atoms. The van der Waals surface area contributed by atoms with Crippen molar-refractivity contribution in [2.24, 2.45) is 5.14 Å². The lowest BCUT2D eigenvalue weighted by atomic mass is 10.2. The van der Waals surface area contributed by atoms with Crippen LogP contribution >= 0.6 is 0 Å². The lowest BCUT2D eigenvalue weighted by Crippen LogP contribution is -2.30. The highest BCUT2D eigenvalue weighted by Gasteiger charge is 2.12. The summed E-state index contributed by atoms with van der Waals surface area (Å²) < 4.78 is 22.2. The minimum absolute atomic E-state index is 0.0121. The van der Waals surface area contributed by atoms with Crippen LogP contribution < -0.4 is 10.0 Å². The topological polar surface area (TPSA) is 101 Å². The van der Waals surface area contributed by atoms with E-state index in [0.29, 0.717) is 12.2 Å². The monoisotopic (exact) mass is 272 g/mol. The molecule has 0 radical (unpaired) electrons. The highest BCUT2D eigenvalue weighted by atomic mass is 32.2. The van der Waals surface area contributed by atoms with E-state index in [9.17, 15) is 13.2 Å². The Hall–Kier alpha value is -1.60. The molecule has 1 rings (SSSR count). The highest BCUT2D eigenvalue weighted by molar-refractivity contribution is 7.89. The molecule has 0 aliphatic heterocycles. The Kier molecular flexibility index (Phi) is 4.69. The maximum Gasteiger partial charge on any atom is 0.323 e. The van der Waals surface area contributed by atoms with Crippen molar-refractivity contribution in [2.45, 2.75) is 18.2 Å². The van der Waals surface area contributed by atoms with Gasteiger partial charge in [0.05, 0.1) is 4.90 Å². The number of carboxylic acids is 1. The maximum atomic E-state index is 11.1. The van der Waals surface area contributed by atoms with E-state index in [1.54, 1.807) is 17.0 Å².